The van der Waals surface area contributed by atoms with Crippen LogP contribution in [0.15, 0.2) is 35.1 Å². The summed E-state index contributed by atoms with van der Waals surface area (Å²) in [6.07, 6.45) is 5.10. The molecule has 1 aliphatic carbocycles. The monoisotopic (exact) mass is 193 g/mol. The fourth-order valence-electron chi connectivity index (χ4n) is 1.57. The molecule has 3 N–H and O–H groups in total. The molecule has 0 spiro atoms. The van der Waals surface area contributed by atoms with E-state index < -0.39 is 11.4 Å². The Labute approximate surface area is 83.6 Å². The first-order valence-electron chi connectivity index (χ1n) is 4.45. The fraction of sp³-hybridized carbons (Fsp3) is 0.364. The van der Waals surface area contributed by atoms with Crippen LogP contribution in [0.4, 0.5) is 0 Å². The van der Waals surface area contributed by atoms with E-state index in [9.17, 15) is 4.79 Å². The third-order valence-corrected chi connectivity index (χ3v) is 2.39. The Morgan fingerprint density at radius 2 is 2.00 bits per heavy atom. The van der Waals surface area contributed by atoms with Crippen molar-refractivity contribution in [3.8, 4) is 0 Å². The number of hydrogen-bond acceptors (Lipinski definition) is 2. The smallest absolute Gasteiger partial charge is 0.332 e. The summed E-state index contributed by atoms with van der Waals surface area (Å²) in [7, 11) is 0. The van der Waals surface area contributed by atoms with Crippen molar-refractivity contribution in [1.29, 1.82) is 0 Å². The zero-order chi connectivity index (χ0) is 10.9. The second-order valence-corrected chi connectivity index (χ2v) is 4.06. The van der Waals surface area contributed by atoms with Crippen molar-refractivity contribution < 1.29 is 9.90 Å². The Morgan fingerprint density at radius 3 is 2.50 bits per heavy atom. The van der Waals surface area contributed by atoms with E-state index in [0.717, 1.165) is 5.57 Å². The van der Waals surface area contributed by atoms with Gasteiger partial charge >= 0.3 is 5.97 Å². The number of carboxylic acid groups (broad SMARTS) is 1. The molecule has 0 unspecified atom stereocenters. The van der Waals surface area contributed by atoms with Gasteiger partial charge in [0.1, 0.15) is 0 Å². The normalized spacial score (nSPS) is 20.4. The number of allylic oxidation sites excluding steroid dienone is 4. The molecule has 1 rings (SSSR count). The van der Waals surface area contributed by atoms with Gasteiger partial charge in [0.15, 0.2) is 0 Å². The van der Waals surface area contributed by atoms with Gasteiger partial charge in [0.05, 0.1) is 0 Å². The Bertz CT molecular complexity index is 359. The number of hydrogen-bond donors (Lipinski definition) is 2. The second kappa shape index (κ2) is 3.33. The van der Waals surface area contributed by atoms with Gasteiger partial charge in [0.25, 0.3) is 0 Å². The topological polar surface area (TPSA) is 63.3 Å². The van der Waals surface area contributed by atoms with Gasteiger partial charge < -0.3 is 10.8 Å². The summed E-state index contributed by atoms with van der Waals surface area (Å²) in [6.45, 7) is 5.61. The minimum absolute atomic E-state index is 0.359. The summed E-state index contributed by atoms with van der Waals surface area (Å²) in [4.78, 5) is 11.0. The molecule has 0 bridgehead atoms. The van der Waals surface area contributed by atoms with Crippen LogP contribution in [-0.2, 0) is 4.79 Å². The van der Waals surface area contributed by atoms with Crippen LogP contribution in [0.1, 0.15) is 20.8 Å². The highest BCUT2D eigenvalue weighted by atomic mass is 16.4. The van der Waals surface area contributed by atoms with Gasteiger partial charge in [-0.15, -0.1) is 0 Å². The van der Waals surface area contributed by atoms with Crippen LogP contribution in [0.25, 0.3) is 0 Å². The van der Waals surface area contributed by atoms with Crippen LogP contribution in [-0.4, -0.2) is 11.1 Å². The largest absolute Gasteiger partial charge is 0.478 e. The first-order valence-corrected chi connectivity index (χ1v) is 4.45. The highest BCUT2D eigenvalue weighted by Gasteiger charge is 2.27. The Balaban J connectivity index is 3.27. The maximum atomic E-state index is 11.0. The van der Waals surface area contributed by atoms with Gasteiger partial charge in [-0.05, 0) is 24.6 Å². The molecule has 0 saturated heterocycles. The third-order valence-electron chi connectivity index (χ3n) is 2.39. The van der Waals surface area contributed by atoms with E-state index in [4.69, 9.17) is 10.8 Å². The molecule has 0 saturated carbocycles. The average Bonchev–Trinajstić information content (AvgIpc) is 2.09. The van der Waals surface area contributed by atoms with Crippen LogP contribution in [0.2, 0.25) is 0 Å². The zero-order valence-electron chi connectivity index (χ0n) is 8.66. The van der Waals surface area contributed by atoms with Gasteiger partial charge in [0.2, 0.25) is 0 Å². The molecule has 0 aromatic heterocycles. The Kier molecular flexibility index (Phi) is 2.51. The summed E-state index contributed by atoms with van der Waals surface area (Å²) >= 11 is 0. The summed E-state index contributed by atoms with van der Waals surface area (Å²) in [5.74, 6) is -0.898. The van der Waals surface area contributed by atoms with E-state index in [1.54, 1.807) is 12.2 Å². The standard InChI is InChI=1S/C11H15NO2/c1-7-6-11(2,3)8(10(13)14)4-5-9(7)12/h4-6H,12H2,1-3H3,(H,13,14). The van der Waals surface area contributed by atoms with Crippen LogP contribution >= 0.6 is 0 Å². The number of rotatable bonds is 1. The first-order chi connectivity index (χ1) is 6.34. The molecule has 0 heterocycles. The number of nitrogens with two attached hydrogens (primary N) is 1. The molecule has 0 amide bonds. The third kappa shape index (κ3) is 1.87. The highest BCUT2D eigenvalue weighted by molar-refractivity contribution is 5.89. The Morgan fingerprint density at radius 1 is 1.43 bits per heavy atom. The predicted molar refractivity (Wildman–Crippen MR) is 55.5 cm³/mol. The van der Waals surface area contributed by atoms with Gasteiger partial charge in [-0.3, -0.25) is 0 Å². The minimum atomic E-state index is -0.898. The quantitative estimate of drug-likeness (QED) is 0.667. The van der Waals surface area contributed by atoms with Gasteiger partial charge in [0, 0.05) is 16.7 Å². The molecule has 1 aliphatic rings. The van der Waals surface area contributed by atoms with E-state index >= 15 is 0 Å². The molecule has 0 atom stereocenters. The molecule has 0 aliphatic heterocycles. The zero-order valence-corrected chi connectivity index (χ0v) is 8.66. The number of aliphatic carboxylic acids is 1. The van der Waals surface area contributed by atoms with Gasteiger partial charge in [-0.2, -0.15) is 0 Å². The SMILES string of the molecule is CC1=CC(C)(C)C(C(=O)O)=CC=C1N. The molecular formula is C11H15NO2. The summed E-state index contributed by atoms with van der Waals surface area (Å²) < 4.78 is 0. The van der Waals surface area contributed by atoms with Crippen molar-refractivity contribution in [2.75, 3.05) is 0 Å². The highest BCUT2D eigenvalue weighted by Crippen LogP contribution is 2.32. The molecule has 3 heteroatoms. The predicted octanol–water partition coefficient (Wildman–Crippen LogP) is 1.83. The lowest BCUT2D eigenvalue weighted by Crippen LogP contribution is -2.18. The second-order valence-electron chi connectivity index (χ2n) is 4.06. The van der Waals surface area contributed by atoms with Crippen molar-refractivity contribution in [1.82, 2.24) is 0 Å². The van der Waals surface area contributed by atoms with E-state index in [0.29, 0.717) is 11.3 Å². The number of carbonyl (C=O) groups is 1. The maximum absolute atomic E-state index is 11.0. The minimum Gasteiger partial charge on any atom is -0.478 e. The molecular weight excluding hydrogens is 178 g/mol. The van der Waals surface area contributed by atoms with Crippen LogP contribution < -0.4 is 5.73 Å². The molecule has 76 valence electrons. The first kappa shape index (κ1) is 10.6. The maximum Gasteiger partial charge on any atom is 0.332 e. The molecule has 14 heavy (non-hydrogen) atoms. The van der Waals surface area contributed by atoms with Crippen molar-refractivity contribution >= 4 is 5.97 Å². The van der Waals surface area contributed by atoms with E-state index in [1.807, 2.05) is 26.8 Å². The lowest BCUT2D eigenvalue weighted by molar-refractivity contribution is -0.133. The lowest BCUT2D eigenvalue weighted by atomic mass is 9.83. The van der Waals surface area contributed by atoms with Crippen LogP contribution in [0.3, 0.4) is 0 Å². The van der Waals surface area contributed by atoms with E-state index in [1.165, 1.54) is 0 Å². The molecule has 0 aromatic rings. The molecule has 0 aromatic carbocycles. The van der Waals surface area contributed by atoms with Crippen molar-refractivity contribution in [2.24, 2.45) is 11.1 Å². The van der Waals surface area contributed by atoms with Gasteiger partial charge in [-0.1, -0.05) is 19.9 Å². The van der Waals surface area contributed by atoms with Crippen molar-refractivity contribution in [3.05, 3.63) is 35.1 Å². The van der Waals surface area contributed by atoms with Crippen LogP contribution in [0, 0.1) is 5.41 Å². The van der Waals surface area contributed by atoms with Crippen LogP contribution in [0.5, 0.6) is 0 Å². The summed E-state index contributed by atoms with van der Waals surface area (Å²) in [5, 5.41) is 9.00. The van der Waals surface area contributed by atoms with Gasteiger partial charge in [-0.25, -0.2) is 4.79 Å². The van der Waals surface area contributed by atoms with E-state index in [-0.39, 0.29) is 0 Å². The average molecular weight is 193 g/mol. The Hall–Kier alpha value is -1.51. The van der Waals surface area contributed by atoms with E-state index in [2.05, 4.69) is 0 Å². The molecule has 0 fully saturated rings. The summed E-state index contributed by atoms with van der Waals surface area (Å²) in [5.41, 5.74) is 7.14. The summed E-state index contributed by atoms with van der Waals surface area (Å²) in [6, 6.07) is 0. The molecule has 3 nitrogen and oxygen atoms in total. The van der Waals surface area contributed by atoms with Crippen molar-refractivity contribution in [2.45, 2.75) is 20.8 Å². The fourth-order valence-corrected chi connectivity index (χ4v) is 1.57. The van der Waals surface area contributed by atoms with Crippen molar-refractivity contribution in [3.63, 3.8) is 0 Å². The number of carboxylic acids is 1. The molecule has 0 radical (unpaired) electrons. The lowest BCUT2D eigenvalue weighted by Gasteiger charge is -2.20.